The van der Waals surface area contributed by atoms with Crippen LogP contribution in [-0.4, -0.2) is 43.3 Å². The highest BCUT2D eigenvalue weighted by molar-refractivity contribution is 9.10. The van der Waals surface area contributed by atoms with E-state index in [1.807, 2.05) is 0 Å². The van der Waals surface area contributed by atoms with Gasteiger partial charge < -0.3 is 30.2 Å². The van der Waals surface area contributed by atoms with Crippen molar-refractivity contribution in [2.75, 3.05) is 25.6 Å². The summed E-state index contributed by atoms with van der Waals surface area (Å²) in [6.45, 7) is 3.44. The van der Waals surface area contributed by atoms with E-state index in [-0.39, 0.29) is 13.2 Å². The maximum atomic E-state index is 12.5. The monoisotopic (exact) mass is 561 g/mol. The van der Waals surface area contributed by atoms with E-state index in [0.29, 0.717) is 38.9 Å². The number of carbonyl (C=O) groups is 3. The van der Waals surface area contributed by atoms with E-state index in [9.17, 15) is 14.4 Å². The summed E-state index contributed by atoms with van der Waals surface area (Å²) in [5.41, 5.74) is 2.38. The van der Waals surface area contributed by atoms with Gasteiger partial charge in [-0.15, -0.1) is 0 Å². The summed E-state index contributed by atoms with van der Waals surface area (Å²) in [6.07, 6.45) is 0. The predicted octanol–water partition coefficient (Wildman–Crippen LogP) is 3.61. The Hall–Kier alpha value is -3.44. The predicted molar refractivity (Wildman–Crippen MR) is 137 cm³/mol. The van der Waals surface area contributed by atoms with Gasteiger partial charge in [-0.2, -0.15) is 0 Å². The Labute approximate surface area is 216 Å². The third kappa shape index (κ3) is 6.58. The molecule has 3 rings (SSSR count). The molecule has 1 atom stereocenters. The molecule has 1 aliphatic rings. The third-order valence-corrected chi connectivity index (χ3v) is 5.71. The standard InChI is InChI=1S/C24H24BrN3O6S/c1-4-33-22(30)14-5-8-16(9-6-14)27-19(29)12-34-18-10-7-15(25)11-17(18)21-20(23(31)32-3)13(2)26-24(35)28-21/h5-11,21H,4,12H2,1-3H3,(H,27,29)(H2,26,28,35). The highest BCUT2D eigenvalue weighted by Crippen LogP contribution is 2.35. The maximum absolute atomic E-state index is 12.5. The summed E-state index contributed by atoms with van der Waals surface area (Å²) in [5.74, 6) is -0.975. The molecule has 9 nitrogen and oxygen atoms in total. The number of anilines is 1. The molecule has 11 heteroatoms. The number of halogens is 1. The fourth-order valence-corrected chi connectivity index (χ4v) is 4.08. The van der Waals surface area contributed by atoms with Gasteiger partial charge >= 0.3 is 11.9 Å². The number of methoxy groups -OCH3 is 1. The van der Waals surface area contributed by atoms with Crippen molar-refractivity contribution in [3.8, 4) is 5.75 Å². The van der Waals surface area contributed by atoms with Crippen molar-refractivity contribution < 1.29 is 28.6 Å². The molecule has 2 aromatic rings. The number of rotatable bonds is 8. The first kappa shape index (κ1) is 26.2. The molecular weight excluding hydrogens is 538 g/mol. The number of thiocarbonyl (C=S) groups is 1. The lowest BCUT2D eigenvalue weighted by molar-refractivity contribution is -0.136. The van der Waals surface area contributed by atoms with Gasteiger partial charge in [0.25, 0.3) is 5.91 Å². The SMILES string of the molecule is CCOC(=O)c1ccc(NC(=O)COc2ccc(Br)cc2C2NC(=S)NC(C)=C2C(=O)OC)cc1. The molecule has 35 heavy (non-hydrogen) atoms. The number of carbonyl (C=O) groups excluding carboxylic acids is 3. The molecule has 0 saturated heterocycles. The van der Waals surface area contributed by atoms with Crippen LogP contribution < -0.4 is 20.7 Å². The normalized spacial score (nSPS) is 15.0. The van der Waals surface area contributed by atoms with E-state index in [1.165, 1.54) is 7.11 Å². The van der Waals surface area contributed by atoms with Crippen LogP contribution in [0.25, 0.3) is 0 Å². The highest BCUT2D eigenvalue weighted by Gasteiger charge is 2.32. The molecule has 0 spiro atoms. The van der Waals surface area contributed by atoms with Crippen LogP contribution in [0, 0.1) is 0 Å². The third-order valence-electron chi connectivity index (χ3n) is 5.00. The summed E-state index contributed by atoms with van der Waals surface area (Å²) >= 11 is 8.72. The topological polar surface area (TPSA) is 115 Å². The van der Waals surface area contributed by atoms with Crippen molar-refractivity contribution in [1.29, 1.82) is 0 Å². The molecule has 1 unspecified atom stereocenters. The van der Waals surface area contributed by atoms with Crippen molar-refractivity contribution in [2.45, 2.75) is 19.9 Å². The van der Waals surface area contributed by atoms with Crippen molar-refractivity contribution in [3.63, 3.8) is 0 Å². The molecule has 1 aliphatic heterocycles. The summed E-state index contributed by atoms with van der Waals surface area (Å²) < 4.78 is 16.5. The molecule has 0 saturated carbocycles. The number of hydrogen-bond donors (Lipinski definition) is 3. The molecule has 1 amide bonds. The first-order valence-electron chi connectivity index (χ1n) is 10.6. The number of esters is 2. The van der Waals surface area contributed by atoms with Crippen molar-refractivity contribution in [2.24, 2.45) is 0 Å². The van der Waals surface area contributed by atoms with Crippen LogP contribution in [0.1, 0.15) is 35.8 Å². The molecular formula is C24H24BrN3O6S. The minimum atomic E-state index is -0.651. The number of hydrogen-bond acceptors (Lipinski definition) is 7. The van der Waals surface area contributed by atoms with Crippen LogP contribution in [0.5, 0.6) is 5.75 Å². The second-order valence-electron chi connectivity index (χ2n) is 7.38. The largest absolute Gasteiger partial charge is 0.483 e. The smallest absolute Gasteiger partial charge is 0.338 e. The molecule has 0 radical (unpaired) electrons. The van der Waals surface area contributed by atoms with Gasteiger partial charge in [-0.05, 0) is 68.5 Å². The Balaban J connectivity index is 1.75. The van der Waals surface area contributed by atoms with Crippen molar-refractivity contribution in [3.05, 3.63) is 69.3 Å². The molecule has 0 aromatic heterocycles. The maximum Gasteiger partial charge on any atom is 0.338 e. The zero-order chi connectivity index (χ0) is 25.5. The fraction of sp³-hybridized carbons (Fsp3) is 0.250. The van der Waals surface area contributed by atoms with Crippen LogP contribution in [0.3, 0.4) is 0 Å². The lowest BCUT2D eigenvalue weighted by atomic mass is 9.95. The highest BCUT2D eigenvalue weighted by atomic mass is 79.9. The Kier molecular flexibility index (Phi) is 8.83. The van der Waals surface area contributed by atoms with Gasteiger partial charge in [0.15, 0.2) is 11.7 Å². The van der Waals surface area contributed by atoms with Gasteiger partial charge in [-0.1, -0.05) is 15.9 Å². The summed E-state index contributed by atoms with van der Waals surface area (Å²) in [6, 6.07) is 10.9. The molecule has 3 N–H and O–H groups in total. The molecule has 0 bridgehead atoms. The van der Waals surface area contributed by atoms with E-state index < -0.39 is 23.9 Å². The fourth-order valence-electron chi connectivity index (χ4n) is 3.43. The second-order valence-corrected chi connectivity index (χ2v) is 8.70. The number of ether oxygens (including phenoxy) is 3. The molecule has 0 aliphatic carbocycles. The number of allylic oxidation sites excluding steroid dienone is 1. The summed E-state index contributed by atoms with van der Waals surface area (Å²) in [4.78, 5) is 36.8. The number of benzene rings is 2. The Morgan fingerprint density at radius 1 is 1.11 bits per heavy atom. The first-order valence-corrected chi connectivity index (χ1v) is 11.8. The van der Waals surface area contributed by atoms with Crippen LogP contribution in [-0.2, 0) is 19.1 Å². The van der Waals surface area contributed by atoms with Gasteiger partial charge in [-0.25, -0.2) is 9.59 Å². The zero-order valence-electron chi connectivity index (χ0n) is 19.3. The van der Waals surface area contributed by atoms with Crippen molar-refractivity contribution >= 4 is 56.8 Å². The average molecular weight is 562 g/mol. The van der Waals surface area contributed by atoms with Gasteiger partial charge in [0.1, 0.15) is 5.75 Å². The van der Waals surface area contributed by atoms with E-state index in [0.717, 1.165) is 4.47 Å². The second kappa shape index (κ2) is 11.8. The molecule has 0 fully saturated rings. The van der Waals surface area contributed by atoms with Gasteiger partial charge in [0.2, 0.25) is 0 Å². The van der Waals surface area contributed by atoms with Crippen LogP contribution in [0.4, 0.5) is 5.69 Å². The number of amides is 1. The minimum absolute atomic E-state index is 0.280. The van der Waals surface area contributed by atoms with Gasteiger partial charge in [-0.3, -0.25) is 4.79 Å². The molecule has 1 heterocycles. The van der Waals surface area contributed by atoms with Crippen LogP contribution in [0.2, 0.25) is 0 Å². The van der Waals surface area contributed by atoms with E-state index in [2.05, 4.69) is 31.9 Å². The average Bonchev–Trinajstić information content (AvgIpc) is 2.83. The van der Waals surface area contributed by atoms with Crippen LogP contribution >= 0.6 is 28.1 Å². The van der Waals surface area contributed by atoms with Gasteiger partial charge in [0.05, 0.1) is 30.9 Å². The lowest BCUT2D eigenvalue weighted by Gasteiger charge is -2.30. The molecule has 2 aromatic carbocycles. The van der Waals surface area contributed by atoms with Crippen LogP contribution in [0.15, 0.2) is 58.2 Å². The lowest BCUT2D eigenvalue weighted by Crippen LogP contribution is -2.45. The first-order chi connectivity index (χ1) is 16.7. The Morgan fingerprint density at radius 3 is 2.49 bits per heavy atom. The molecule has 184 valence electrons. The summed E-state index contributed by atoms with van der Waals surface area (Å²) in [7, 11) is 1.30. The van der Waals surface area contributed by atoms with Crippen molar-refractivity contribution in [1.82, 2.24) is 10.6 Å². The minimum Gasteiger partial charge on any atom is -0.483 e. The van der Waals surface area contributed by atoms with E-state index in [1.54, 1.807) is 56.3 Å². The zero-order valence-corrected chi connectivity index (χ0v) is 21.7. The van der Waals surface area contributed by atoms with E-state index >= 15 is 0 Å². The number of nitrogens with one attached hydrogen (secondary N) is 3. The van der Waals surface area contributed by atoms with E-state index in [4.69, 9.17) is 26.4 Å². The van der Waals surface area contributed by atoms with Gasteiger partial charge in [0, 0.05) is 21.4 Å². The Bertz CT molecular complexity index is 1180. The quantitative estimate of drug-likeness (QED) is 0.328. The summed E-state index contributed by atoms with van der Waals surface area (Å²) in [5, 5.41) is 9.06. The Morgan fingerprint density at radius 2 is 1.83 bits per heavy atom.